The smallest absolute Gasteiger partial charge is 0.229 e. The number of rotatable bonds is 4. The zero-order valence-electron chi connectivity index (χ0n) is 14.0. The fraction of sp³-hybridized carbons (Fsp3) is 0.389. The van der Waals surface area contributed by atoms with E-state index in [1.165, 1.54) is 32.6 Å². The van der Waals surface area contributed by atoms with Crippen LogP contribution >= 0.6 is 0 Å². The van der Waals surface area contributed by atoms with Crippen LogP contribution in [-0.2, 0) is 4.79 Å². The van der Waals surface area contributed by atoms with Crippen LogP contribution in [0.4, 0.5) is 23.1 Å². The third kappa shape index (κ3) is 4.44. The molecule has 1 aromatic heterocycles. The third-order valence-electron chi connectivity index (χ3n) is 4.01. The van der Waals surface area contributed by atoms with Gasteiger partial charge in [-0.2, -0.15) is 4.98 Å². The summed E-state index contributed by atoms with van der Waals surface area (Å²) in [4.78, 5) is 22.4. The maximum Gasteiger partial charge on any atom is 0.229 e. The summed E-state index contributed by atoms with van der Waals surface area (Å²) in [6, 6.07) is 9.48. The molecule has 1 aliphatic heterocycles. The number of nitrogens with zero attached hydrogens (tertiary/aromatic N) is 3. The number of hydrogen-bond acceptors (Lipinski definition) is 5. The van der Waals surface area contributed by atoms with Crippen LogP contribution in [0.2, 0.25) is 0 Å². The molecule has 0 unspecified atom stereocenters. The minimum absolute atomic E-state index is 0.0911. The lowest BCUT2D eigenvalue weighted by Crippen LogP contribution is -2.25. The van der Waals surface area contributed by atoms with Gasteiger partial charge in [0, 0.05) is 37.6 Å². The highest BCUT2D eigenvalue weighted by Crippen LogP contribution is 2.21. The van der Waals surface area contributed by atoms with Crippen LogP contribution in [0.5, 0.6) is 0 Å². The summed E-state index contributed by atoms with van der Waals surface area (Å²) in [7, 11) is 0. The van der Waals surface area contributed by atoms with Crippen LogP contribution in [0, 0.1) is 0 Å². The molecular formula is C18H23N5O. The third-order valence-corrected chi connectivity index (χ3v) is 4.01. The first-order valence-electron chi connectivity index (χ1n) is 8.43. The van der Waals surface area contributed by atoms with Gasteiger partial charge < -0.3 is 15.5 Å². The average molecular weight is 325 g/mol. The minimum Gasteiger partial charge on any atom is -0.356 e. The topological polar surface area (TPSA) is 70.2 Å². The zero-order valence-corrected chi connectivity index (χ0v) is 14.0. The molecule has 1 amide bonds. The van der Waals surface area contributed by atoms with Gasteiger partial charge in [-0.05, 0) is 37.1 Å². The normalized spacial score (nSPS) is 14.8. The average Bonchev–Trinajstić information content (AvgIpc) is 2.84. The number of benzene rings is 1. The summed E-state index contributed by atoms with van der Waals surface area (Å²) < 4.78 is 0. The summed E-state index contributed by atoms with van der Waals surface area (Å²) in [6.45, 7) is 3.59. The molecule has 0 atom stereocenters. The molecule has 1 aromatic carbocycles. The molecule has 3 rings (SSSR count). The molecule has 2 heterocycles. The maximum absolute atomic E-state index is 11.2. The van der Waals surface area contributed by atoms with Crippen molar-refractivity contribution < 1.29 is 4.79 Å². The standard InChI is InChI=1S/C18H23N5O/c1-14(24)20-15-7-6-8-16(13-15)21-18-19-10-9-17(22-18)23-11-4-2-3-5-12-23/h6-10,13H,2-5,11-12H2,1H3,(H,20,24)(H,19,21,22). The highest BCUT2D eigenvalue weighted by molar-refractivity contribution is 5.89. The van der Waals surface area contributed by atoms with Crippen molar-refractivity contribution in [1.82, 2.24) is 9.97 Å². The van der Waals surface area contributed by atoms with E-state index in [0.29, 0.717) is 5.95 Å². The number of anilines is 4. The van der Waals surface area contributed by atoms with Gasteiger partial charge in [0.1, 0.15) is 5.82 Å². The predicted octanol–water partition coefficient (Wildman–Crippen LogP) is 3.56. The van der Waals surface area contributed by atoms with Gasteiger partial charge in [-0.25, -0.2) is 4.98 Å². The van der Waals surface area contributed by atoms with E-state index in [2.05, 4.69) is 25.5 Å². The largest absolute Gasteiger partial charge is 0.356 e. The molecule has 6 heteroatoms. The molecule has 0 spiro atoms. The van der Waals surface area contributed by atoms with Crippen LogP contribution in [0.15, 0.2) is 36.5 Å². The van der Waals surface area contributed by atoms with Crippen LogP contribution < -0.4 is 15.5 Å². The van der Waals surface area contributed by atoms with Crippen molar-refractivity contribution >= 4 is 29.0 Å². The van der Waals surface area contributed by atoms with E-state index >= 15 is 0 Å². The first-order chi connectivity index (χ1) is 11.7. The van der Waals surface area contributed by atoms with Gasteiger partial charge in [-0.15, -0.1) is 0 Å². The Morgan fingerprint density at radius 3 is 2.58 bits per heavy atom. The monoisotopic (exact) mass is 325 g/mol. The molecule has 126 valence electrons. The molecule has 1 aliphatic rings. The number of nitrogens with one attached hydrogen (secondary N) is 2. The Balaban J connectivity index is 1.73. The maximum atomic E-state index is 11.2. The van der Waals surface area contributed by atoms with Gasteiger partial charge in [-0.3, -0.25) is 4.79 Å². The second-order valence-corrected chi connectivity index (χ2v) is 6.03. The summed E-state index contributed by atoms with van der Waals surface area (Å²) in [5.41, 5.74) is 1.59. The Morgan fingerprint density at radius 1 is 1.08 bits per heavy atom. The molecule has 0 radical (unpaired) electrons. The van der Waals surface area contributed by atoms with E-state index < -0.39 is 0 Å². The van der Waals surface area contributed by atoms with Crippen LogP contribution in [0.25, 0.3) is 0 Å². The van der Waals surface area contributed by atoms with Crippen LogP contribution in [-0.4, -0.2) is 29.0 Å². The first kappa shape index (κ1) is 16.2. The minimum atomic E-state index is -0.0911. The number of carbonyl (C=O) groups is 1. The molecule has 0 bridgehead atoms. The van der Waals surface area contributed by atoms with Gasteiger partial charge >= 0.3 is 0 Å². The van der Waals surface area contributed by atoms with Gasteiger partial charge in [-0.1, -0.05) is 18.9 Å². The first-order valence-corrected chi connectivity index (χ1v) is 8.43. The number of aromatic nitrogens is 2. The van der Waals surface area contributed by atoms with Crippen molar-refractivity contribution in [3.05, 3.63) is 36.5 Å². The van der Waals surface area contributed by atoms with Crippen LogP contribution in [0.1, 0.15) is 32.6 Å². The fourth-order valence-corrected chi connectivity index (χ4v) is 2.89. The van der Waals surface area contributed by atoms with Crippen molar-refractivity contribution in [3.63, 3.8) is 0 Å². The van der Waals surface area contributed by atoms with E-state index in [1.54, 1.807) is 6.20 Å². The Kier molecular flexibility index (Phi) is 5.25. The van der Waals surface area contributed by atoms with Crippen molar-refractivity contribution in [2.75, 3.05) is 28.6 Å². The number of carbonyl (C=O) groups excluding carboxylic acids is 1. The summed E-state index contributed by atoms with van der Waals surface area (Å²) in [5.74, 6) is 1.44. The van der Waals surface area contributed by atoms with E-state index in [0.717, 1.165) is 30.3 Å². The molecule has 0 aliphatic carbocycles. The van der Waals surface area contributed by atoms with Crippen molar-refractivity contribution in [2.45, 2.75) is 32.6 Å². The lowest BCUT2D eigenvalue weighted by Gasteiger charge is -2.21. The summed E-state index contributed by atoms with van der Waals surface area (Å²) in [5, 5.41) is 5.99. The van der Waals surface area contributed by atoms with E-state index in [1.807, 2.05) is 30.3 Å². The van der Waals surface area contributed by atoms with Gasteiger partial charge in [0.2, 0.25) is 11.9 Å². The second-order valence-electron chi connectivity index (χ2n) is 6.03. The van der Waals surface area contributed by atoms with Crippen molar-refractivity contribution in [2.24, 2.45) is 0 Å². The molecule has 1 fully saturated rings. The number of hydrogen-bond donors (Lipinski definition) is 2. The fourth-order valence-electron chi connectivity index (χ4n) is 2.89. The van der Waals surface area contributed by atoms with Crippen LogP contribution in [0.3, 0.4) is 0 Å². The Labute approximate surface area is 142 Å². The lowest BCUT2D eigenvalue weighted by atomic mass is 10.2. The van der Waals surface area contributed by atoms with Gasteiger partial charge in [0.25, 0.3) is 0 Å². The SMILES string of the molecule is CC(=O)Nc1cccc(Nc2nccc(N3CCCCCC3)n2)c1. The lowest BCUT2D eigenvalue weighted by molar-refractivity contribution is -0.114. The molecule has 1 saturated heterocycles. The highest BCUT2D eigenvalue weighted by Gasteiger charge is 2.12. The molecule has 24 heavy (non-hydrogen) atoms. The zero-order chi connectivity index (χ0) is 16.8. The van der Waals surface area contributed by atoms with Crippen molar-refractivity contribution in [3.8, 4) is 0 Å². The predicted molar refractivity (Wildman–Crippen MR) is 96.7 cm³/mol. The highest BCUT2D eigenvalue weighted by atomic mass is 16.1. The van der Waals surface area contributed by atoms with Crippen molar-refractivity contribution in [1.29, 1.82) is 0 Å². The Morgan fingerprint density at radius 2 is 1.83 bits per heavy atom. The summed E-state index contributed by atoms with van der Waals surface area (Å²) >= 11 is 0. The molecule has 6 nitrogen and oxygen atoms in total. The number of amides is 1. The molecule has 0 saturated carbocycles. The van der Waals surface area contributed by atoms with Gasteiger partial charge in [0.05, 0.1) is 0 Å². The Hall–Kier alpha value is -2.63. The van der Waals surface area contributed by atoms with E-state index in [4.69, 9.17) is 0 Å². The molecule has 2 aromatic rings. The summed E-state index contributed by atoms with van der Waals surface area (Å²) in [6.07, 6.45) is 6.80. The Bertz CT molecular complexity index is 695. The molecule has 2 N–H and O–H groups in total. The second kappa shape index (κ2) is 7.77. The molecular weight excluding hydrogens is 302 g/mol. The van der Waals surface area contributed by atoms with E-state index in [-0.39, 0.29) is 5.91 Å². The van der Waals surface area contributed by atoms with E-state index in [9.17, 15) is 4.79 Å². The van der Waals surface area contributed by atoms with Gasteiger partial charge in [0.15, 0.2) is 0 Å². The quantitative estimate of drug-likeness (QED) is 0.899.